The van der Waals surface area contributed by atoms with Crippen molar-refractivity contribution in [2.24, 2.45) is 0 Å². The second kappa shape index (κ2) is 12.8. The smallest absolute Gasteiger partial charge is 0.0792 e. The van der Waals surface area contributed by atoms with Crippen LogP contribution in [0.5, 0.6) is 0 Å². The molecule has 0 saturated carbocycles. The molecule has 0 aliphatic heterocycles. The molecule has 276 valence electrons. The van der Waals surface area contributed by atoms with E-state index in [2.05, 4.69) is 196 Å². The Kier molecular flexibility index (Phi) is 7.31. The van der Waals surface area contributed by atoms with Crippen LogP contribution >= 0.6 is 0 Å². The van der Waals surface area contributed by atoms with Crippen LogP contribution in [0.4, 0.5) is 0 Å². The third-order valence-electron chi connectivity index (χ3n) is 12.9. The quantitative estimate of drug-likeness (QED) is 0.167. The molecule has 9 aromatic carbocycles. The third kappa shape index (κ3) is 5.00. The van der Waals surface area contributed by atoms with E-state index in [0.717, 1.165) is 16.4 Å². The summed E-state index contributed by atoms with van der Waals surface area (Å²) in [5, 5.41) is 9.70. The van der Waals surface area contributed by atoms with E-state index in [1.807, 2.05) is 12.4 Å². The molecule has 1 aliphatic carbocycles. The highest BCUT2D eigenvalue weighted by molar-refractivity contribution is 6.22. The van der Waals surface area contributed by atoms with Gasteiger partial charge in [-0.05, 0) is 118 Å². The summed E-state index contributed by atoms with van der Waals surface area (Å²) in [5.41, 5.74) is 16.7. The van der Waals surface area contributed by atoms with Crippen LogP contribution in [0.3, 0.4) is 0 Å². The standard InChI is InChI=1S/C57H38N2/c1-57(2)49-33-39(51-43-18-8-10-20-45(43)53(36-15-4-3-5-16-36)55-47(51)22-12-30-58-55)26-28-41(49)42-29-27-40(34-50(42)57)52-44-19-9-11-21-46(44)54(56-48(52)23-13-31-59-56)38-25-24-35-14-6-7-17-37(35)32-38/h3-34H,1-2H3. The maximum atomic E-state index is 5.11. The van der Waals surface area contributed by atoms with E-state index < -0.39 is 0 Å². The van der Waals surface area contributed by atoms with E-state index in [1.54, 1.807) is 0 Å². The van der Waals surface area contributed by atoms with Crippen molar-refractivity contribution in [3.05, 3.63) is 206 Å². The number of benzene rings is 9. The van der Waals surface area contributed by atoms with Crippen molar-refractivity contribution in [2.45, 2.75) is 19.3 Å². The van der Waals surface area contributed by atoms with Crippen LogP contribution < -0.4 is 0 Å². The summed E-state index contributed by atoms with van der Waals surface area (Å²) in [6, 6.07) is 66.7. The molecule has 0 saturated heterocycles. The molecule has 0 bridgehead atoms. The van der Waals surface area contributed by atoms with E-state index in [9.17, 15) is 0 Å². The highest BCUT2D eigenvalue weighted by Crippen LogP contribution is 2.53. The van der Waals surface area contributed by atoms with Gasteiger partial charge in [0.2, 0.25) is 0 Å². The fourth-order valence-corrected chi connectivity index (χ4v) is 10.2. The van der Waals surface area contributed by atoms with Gasteiger partial charge in [0.05, 0.1) is 11.0 Å². The van der Waals surface area contributed by atoms with Crippen LogP contribution in [-0.2, 0) is 5.41 Å². The van der Waals surface area contributed by atoms with Crippen molar-refractivity contribution in [1.29, 1.82) is 0 Å². The minimum atomic E-state index is -0.237. The summed E-state index contributed by atoms with van der Waals surface area (Å²) >= 11 is 0. The summed E-state index contributed by atoms with van der Waals surface area (Å²) in [4.78, 5) is 10.1. The van der Waals surface area contributed by atoms with E-state index in [4.69, 9.17) is 9.97 Å². The van der Waals surface area contributed by atoms with Gasteiger partial charge < -0.3 is 0 Å². The van der Waals surface area contributed by atoms with Crippen molar-refractivity contribution in [3.63, 3.8) is 0 Å². The molecule has 0 N–H and O–H groups in total. The van der Waals surface area contributed by atoms with E-state index >= 15 is 0 Å². The largest absolute Gasteiger partial charge is 0.256 e. The highest BCUT2D eigenvalue weighted by atomic mass is 14.7. The topological polar surface area (TPSA) is 25.8 Å². The van der Waals surface area contributed by atoms with Gasteiger partial charge in [-0.1, -0.05) is 166 Å². The van der Waals surface area contributed by atoms with E-state index in [1.165, 1.54) is 104 Å². The van der Waals surface area contributed by atoms with Crippen LogP contribution in [0.15, 0.2) is 194 Å². The van der Waals surface area contributed by atoms with Crippen LogP contribution in [0.25, 0.3) is 110 Å². The number of fused-ring (bicyclic) bond motifs is 8. The van der Waals surface area contributed by atoms with Crippen LogP contribution in [0.1, 0.15) is 25.0 Å². The Morgan fingerprint density at radius 1 is 0.322 bits per heavy atom. The van der Waals surface area contributed by atoms with Crippen LogP contribution in [-0.4, -0.2) is 9.97 Å². The number of aromatic nitrogens is 2. The molecule has 12 rings (SSSR count). The lowest BCUT2D eigenvalue weighted by Gasteiger charge is -2.24. The van der Waals surface area contributed by atoms with Gasteiger partial charge in [0.25, 0.3) is 0 Å². The van der Waals surface area contributed by atoms with Gasteiger partial charge in [-0.15, -0.1) is 0 Å². The van der Waals surface area contributed by atoms with Gasteiger partial charge in [-0.3, -0.25) is 9.97 Å². The number of hydrogen-bond acceptors (Lipinski definition) is 2. The molecule has 0 fully saturated rings. The minimum absolute atomic E-state index is 0.237. The van der Waals surface area contributed by atoms with Gasteiger partial charge in [0.15, 0.2) is 0 Å². The first-order chi connectivity index (χ1) is 29.0. The van der Waals surface area contributed by atoms with Gasteiger partial charge in [-0.2, -0.15) is 0 Å². The summed E-state index contributed by atoms with van der Waals surface area (Å²) in [5.74, 6) is 0. The fraction of sp³-hybridized carbons (Fsp3) is 0.0526. The SMILES string of the molecule is CC1(C)c2cc(-c3c4ccccc4c(-c4ccccc4)c4ncccc34)ccc2-c2ccc(-c3c4ccccc4c(-c4ccc5ccccc5c4)c4ncccc34)cc21. The Morgan fingerprint density at radius 3 is 1.31 bits per heavy atom. The molecule has 0 atom stereocenters. The van der Waals surface area contributed by atoms with Crippen molar-refractivity contribution >= 4 is 54.1 Å². The number of hydrogen-bond donors (Lipinski definition) is 0. The predicted molar refractivity (Wildman–Crippen MR) is 249 cm³/mol. The molecule has 2 heteroatoms. The van der Waals surface area contributed by atoms with Gasteiger partial charge in [0, 0.05) is 39.7 Å². The minimum Gasteiger partial charge on any atom is -0.256 e. The third-order valence-corrected chi connectivity index (χ3v) is 12.9. The highest BCUT2D eigenvalue weighted by Gasteiger charge is 2.36. The zero-order chi connectivity index (χ0) is 39.2. The lowest BCUT2D eigenvalue weighted by molar-refractivity contribution is 0.661. The average Bonchev–Trinajstić information content (AvgIpc) is 3.51. The van der Waals surface area contributed by atoms with Gasteiger partial charge in [0.1, 0.15) is 0 Å². The second-order valence-electron chi connectivity index (χ2n) is 16.5. The summed E-state index contributed by atoms with van der Waals surface area (Å²) in [6.07, 6.45) is 3.86. The lowest BCUT2D eigenvalue weighted by Crippen LogP contribution is -2.15. The molecule has 2 heterocycles. The van der Waals surface area contributed by atoms with Gasteiger partial charge in [-0.25, -0.2) is 0 Å². The Morgan fingerprint density at radius 2 is 0.746 bits per heavy atom. The van der Waals surface area contributed by atoms with Crippen molar-refractivity contribution < 1.29 is 0 Å². The van der Waals surface area contributed by atoms with Gasteiger partial charge >= 0.3 is 0 Å². The average molecular weight is 751 g/mol. The molecule has 11 aromatic rings. The molecule has 0 amide bonds. The summed E-state index contributed by atoms with van der Waals surface area (Å²) in [6.45, 7) is 4.78. The maximum Gasteiger partial charge on any atom is 0.0792 e. The lowest BCUT2D eigenvalue weighted by atomic mass is 9.79. The maximum absolute atomic E-state index is 5.11. The molecule has 2 nitrogen and oxygen atoms in total. The van der Waals surface area contributed by atoms with Crippen molar-refractivity contribution in [2.75, 3.05) is 0 Å². The molecule has 0 radical (unpaired) electrons. The first-order valence-corrected chi connectivity index (χ1v) is 20.5. The molecule has 1 aliphatic rings. The van der Waals surface area contributed by atoms with Crippen LogP contribution in [0, 0.1) is 0 Å². The van der Waals surface area contributed by atoms with Crippen molar-refractivity contribution in [1.82, 2.24) is 9.97 Å². The number of rotatable bonds is 4. The molecule has 0 spiro atoms. The molecule has 2 aromatic heterocycles. The second-order valence-corrected chi connectivity index (χ2v) is 16.5. The summed E-state index contributed by atoms with van der Waals surface area (Å²) < 4.78 is 0. The zero-order valence-corrected chi connectivity index (χ0v) is 32.9. The number of nitrogens with zero attached hydrogens (tertiary/aromatic N) is 2. The molecular weight excluding hydrogens is 713 g/mol. The predicted octanol–water partition coefficient (Wildman–Crippen LogP) is 15.2. The zero-order valence-electron chi connectivity index (χ0n) is 32.9. The first-order valence-electron chi connectivity index (χ1n) is 20.5. The Balaban J connectivity index is 1.03. The Hall–Kier alpha value is -7.42. The summed E-state index contributed by atoms with van der Waals surface area (Å²) in [7, 11) is 0. The monoisotopic (exact) mass is 750 g/mol. The molecule has 0 unspecified atom stereocenters. The van der Waals surface area contributed by atoms with E-state index in [0.29, 0.717) is 0 Å². The normalized spacial score (nSPS) is 13.1. The molecular formula is C57H38N2. The molecule has 59 heavy (non-hydrogen) atoms. The van der Waals surface area contributed by atoms with Crippen molar-refractivity contribution in [3.8, 4) is 55.6 Å². The van der Waals surface area contributed by atoms with E-state index in [-0.39, 0.29) is 5.41 Å². The number of pyridine rings is 2. The Labute approximate surface area is 343 Å². The first kappa shape index (κ1) is 33.7. The fourth-order valence-electron chi connectivity index (χ4n) is 10.2. The van der Waals surface area contributed by atoms with Crippen LogP contribution in [0.2, 0.25) is 0 Å². The Bertz CT molecular complexity index is 3410.